The van der Waals surface area contributed by atoms with E-state index in [2.05, 4.69) is 231 Å². The Morgan fingerprint density at radius 2 is 0.877 bits per heavy atom. The first-order valence-electron chi connectivity index (χ1n) is 23.0. The summed E-state index contributed by atoms with van der Waals surface area (Å²) < 4.78 is 7.07. The van der Waals surface area contributed by atoms with Crippen molar-refractivity contribution in [1.82, 2.24) is 0 Å². The standard InChI is InChI=1S/C63H45NO/c1-3-63(4-2)57-39-54-50-30-14-12-28-48(50)47-27-11-13-29-49(47)53(54)38-55(57)59-51-31-15-16-32-52(51)62-60(61(59)63)56-37-43(33-34-58(56)65-62)42-22-18-26-46(36-42)64(44-23-9-6-10-24-44)45-25-17-21-41(35-45)40-19-7-5-8-20-40/h5-39H,3-4H2,1-2H3. The SMILES string of the molecule is CCC1(CC)c2cc3c4ccccc4c4ccccc4c3cc2-c2c1c1c3cc(-c4cccc(N(c5ccccc5)c5cccc(-c6ccccc6)c5)c4)ccc3oc1c1ccccc21. The number of anilines is 3. The third-order valence-corrected chi connectivity index (χ3v) is 14.6. The minimum atomic E-state index is -0.217. The van der Waals surface area contributed by atoms with Crippen LogP contribution >= 0.6 is 0 Å². The fraction of sp³-hybridized carbons (Fsp3) is 0.0794. The van der Waals surface area contributed by atoms with E-state index in [1.807, 2.05) is 0 Å². The second-order valence-electron chi connectivity index (χ2n) is 17.8. The lowest BCUT2D eigenvalue weighted by Gasteiger charge is -2.31. The molecule has 1 aromatic heterocycles. The molecule has 1 aliphatic carbocycles. The van der Waals surface area contributed by atoms with Gasteiger partial charge in [0, 0.05) is 38.6 Å². The van der Waals surface area contributed by atoms with E-state index >= 15 is 0 Å². The van der Waals surface area contributed by atoms with Gasteiger partial charge in [-0.25, -0.2) is 0 Å². The highest BCUT2D eigenvalue weighted by molar-refractivity contribution is 6.28. The summed E-state index contributed by atoms with van der Waals surface area (Å²) in [5.41, 5.74) is 15.2. The zero-order valence-electron chi connectivity index (χ0n) is 36.5. The van der Waals surface area contributed by atoms with Gasteiger partial charge in [0.2, 0.25) is 0 Å². The van der Waals surface area contributed by atoms with Crippen molar-refractivity contribution >= 4 is 82.1 Å². The Balaban J connectivity index is 1.04. The van der Waals surface area contributed by atoms with E-state index < -0.39 is 0 Å². The maximum atomic E-state index is 7.07. The molecule has 1 aliphatic rings. The van der Waals surface area contributed by atoms with Gasteiger partial charge in [-0.3, -0.25) is 0 Å². The van der Waals surface area contributed by atoms with Crippen LogP contribution in [-0.4, -0.2) is 0 Å². The highest BCUT2D eigenvalue weighted by atomic mass is 16.3. The fourth-order valence-electron chi connectivity index (χ4n) is 11.6. The molecule has 2 nitrogen and oxygen atoms in total. The first-order chi connectivity index (χ1) is 32.1. The lowest BCUT2D eigenvalue weighted by molar-refractivity contribution is 0.494. The number of para-hydroxylation sites is 1. The quantitative estimate of drug-likeness (QED) is 0.149. The highest BCUT2D eigenvalue weighted by Gasteiger charge is 2.44. The van der Waals surface area contributed by atoms with Crippen LogP contribution in [0.1, 0.15) is 37.8 Å². The molecule has 13 rings (SSSR count). The van der Waals surface area contributed by atoms with E-state index in [-0.39, 0.29) is 5.41 Å². The van der Waals surface area contributed by atoms with Crippen molar-refractivity contribution in [1.29, 1.82) is 0 Å². The minimum Gasteiger partial charge on any atom is -0.455 e. The summed E-state index contributed by atoms with van der Waals surface area (Å²) in [6.45, 7) is 4.78. The predicted molar refractivity (Wildman–Crippen MR) is 276 cm³/mol. The Hall–Kier alpha value is -7.94. The second-order valence-corrected chi connectivity index (χ2v) is 17.8. The number of hydrogen-bond acceptors (Lipinski definition) is 2. The molecule has 0 spiro atoms. The Bertz CT molecular complexity index is 3860. The highest BCUT2D eigenvalue weighted by Crippen LogP contribution is 2.60. The van der Waals surface area contributed by atoms with E-state index in [0.29, 0.717) is 0 Å². The van der Waals surface area contributed by atoms with E-state index in [0.717, 1.165) is 57.6 Å². The van der Waals surface area contributed by atoms with Gasteiger partial charge in [-0.15, -0.1) is 0 Å². The van der Waals surface area contributed by atoms with Crippen LogP contribution in [0, 0.1) is 0 Å². The van der Waals surface area contributed by atoms with Crippen LogP contribution in [0.3, 0.4) is 0 Å². The van der Waals surface area contributed by atoms with Crippen LogP contribution in [0.25, 0.3) is 98.4 Å². The van der Waals surface area contributed by atoms with E-state index in [1.165, 1.54) is 81.9 Å². The maximum absolute atomic E-state index is 7.07. The number of rotatable bonds is 7. The summed E-state index contributed by atoms with van der Waals surface area (Å²) >= 11 is 0. The lowest BCUT2D eigenvalue weighted by atomic mass is 9.72. The van der Waals surface area contributed by atoms with Crippen LogP contribution < -0.4 is 4.90 Å². The van der Waals surface area contributed by atoms with E-state index in [9.17, 15) is 0 Å². The van der Waals surface area contributed by atoms with E-state index in [4.69, 9.17) is 4.42 Å². The summed E-state index contributed by atoms with van der Waals surface area (Å²) in [7, 11) is 0. The van der Waals surface area contributed by atoms with Crippen molar-refractivity contribution in [3.63, 3.8) is 0 Å². The smallest absolute Gasteiger partial charge is 0.143 e. The monoisotopic (exact) mass is 831 g/mol. The summed E-state index contributed by atoms with van der Waals surface area (Å²) in [6.07, 6.45) is 1.95. The van der Waals surface area contributed by atoms with Gasteiger partial charge in [0.15, 0.2) is 0 Å². The van der Waals surface area contributed by atoms with Crippen LogP contribution in [0.15, 0.2) is 217 Å². The normalized spacial score (nSPS) is 13.0. The summed E-state index contributed by atoms with van der Waals surface area (Å²) in [5, 5.41) is 12.7. The lowest BCUT2D eigenvalue weighted by Crippen LogP contribution is -2.23. The molecule has 0 fully saturated rings. The number of fused-ring (bicyclic) bond motifs is 16. The Morgan fingerprint density at radius 1 is 0.385 bits per heavy atom. The molecule has 0 atom stereocenters. The van der Waals surface area contributed by atoms with Gasteiger partial charge >= 0.3 is 0 Å². The zero-order valence-corrected chi connectivity index (χ0v) is 36.5. The third kappa shape index (κ3) is 5.53. The number of hydrogen-bond donors (Lipinski definition) is 0. The van der Waals surface area contributed by atoms with Gasteiger partial charge in [0.25, 0.3) is 0 Å². The summed E-state index contributed by atoms with van der Waals surface area (Å²) in [4.78, 5) is 2.37. The second kappa shape index (κ2) is 14.6. The molecule has 65 heavy (non-hydrogen) atoms. The van der Waals surface area contributed by atoms with Crippen molar-refractivity contribution in [2.75, 3.05) is 4.90 Å². The van der Waals surface area contributed by atoms with Crippen molar-refractivity contribution in [2.24, 2.45) is 0 Å². The number of furan rings is 1. The van der Waals surface area contributed by atoms with Crippen molar-refractivity contribution in [2.45, 2.75) is 32.1 Å². The predicted octanol–water partition coefficient (Wildman–Crippen LogP) is 18.1. The molecular weight excluding hydrogens is 787 g/mol. The van der Waals surface area contributed by atoms with Gasteiger partial charge < -0.3 is 9.32 Å². The van der Waals surface area contributed by atoms with Crippen LogP contribution in [-0.2, 0) is 5.41 Å². The summed E-state index contributed by atoms with van der Waals surface area (Å²) in [5.74, 6) is 0. The molecule has 0 aliphatic heterocycles. The number of nitrogens with zero attached hydrogens (tertiary/aromatic N) is 1. The molecule has 0 bridgehead atoms. The molecule has 12 aromatic rings. The Kier molecular flexibility index (Phi) is 8.42. The molecule has 0 unspecified atom stereocenters. The molecule has 0 saturated carbocycles. The van der Waals surface area contributed by atoms with Gasteiger partial charge in [-0.1, -0.05) is 166 Å². The van der Waals surface area contributed by atoms with Crippen LogP contribution in [0.5, 0.6) is 0 Å². The van der Waals surface area contributed by atoms with Crippen LogP contribution in [0.2, 0.25) is 0 Å². The average Bonchev–Trinajstić information content (AvgIpc) is 3.90. The van der Waals surface area contributed by atoms with Crippen molar-refractivity contribution in [3.05, 3.63) is 223 Å². The number of benzene rings is 11. The summed E-state index contributed by atoms with van der Waals surface area (Å²) in [6, 6.07) is 78.0. The Morgan fingerprint density at radius 3 is 1.51 bits per heavy atom. The third-order valence-electron chi connectivity index (χ3n) is 14.6. The van der Waals surface area contributed by atoms with Crippen LogP contribution in [0.4, 0.5) is 17.1 Å². The van der Waals surface area contributed by atoms with Gasteiger partial charge in [-0.2, -0.15) is 0 Å². The van der Waals surface area contributed by atoms with Crippen molar-refractivity contribution < 1.29 is 4.42 Å². The molecular formula is C63H45NO. The molecule has 2 heteroatoms. The molecule has 11 aromatic carbocycles. The van der Waals surface area contributed by atoms with Gasteiger partial charge in [-0.05, 0) is 156 Å². The molecule has 1 heterocycles. The first-order valence-corrected chi connectivity index (χ1v) is 23.0. The average molecular weight is 832 g/mol. The Labute approximate surface area is 378 Å². The largest absolute Gasteiger partial charge is 0.455 e. The maximum Gasteiger partial charge on any atom is 0.143 e. The molecule has 0 N–H and O–H groups in total. The molecule has 0 radical (unpaired) electrons. The van der Waals surface area contributed by atoms with Gasteiger partial charge in [0.1, 0.15) is 11.2 Å². The minimum absolute atomic E-state index is 0.217. The first kappa shape index (κ1) is 37.6. The molecule has 0 amide bonds. The van der Waals surface area contributed by atoms with Gasteiger partial charge in [0.05, 0.1) is 0 Å². The van der Waals surface area contributed by atoms with E-state index in [1.54, 1.807) is 0 Å². The molecule has 308 valence electrons. The zero-order chi connectivity index (χ0) is 43.2. The fourth-order valence-corrected chi connectivity index (χ4v) is 11.6. The van der Waals surface area contributed by atoms with Crippen molar-refractivity contribution in [3.8, 4) is 33.4 Å². The topological polar surface area (TPSA) is 16.4 Å². The molecule has 0 saturated heterocycles.